The Balaban J connectivity index is 2.81. The fraction of sp³-hybridized carbons (Fsp3) is 0.917. The van der Waals surface area contributed by atoms with Crippen LogP contribution in [0.2, 0.25) is 0 Å². The molecule has 1 fully saturated rings. The second kappa shape index (κ2) is 5.50. The van der Waals surface area contributed by atoms with Crippen LogP contribution in [0.25, 0.3) is 0 Å². The molecule has 0 atom stereocenters. The summed E-state index contributed by atoms with van der Waals surface area (Å²) in [5, 5.41) is 9.48. The van der Waals surface area contributed by atoms with Crippen LogP contribution in [0.3, 0.4) is 0 Å². The molecule has 1 aliphatic rings. The highest BCUT2D eigenvalue weighted by Gasteiger charge is 2.43. The lowest BCUT2D eigenvalue weighted by atomic mass is 9.80. The molecule has 0 spiro atoms. The zero-order valence-corrected chi connectivity index (χ0v) is 9.96. The van der Waals surface area contributed by atoms with Gasteiger partial charge in [-0.15, -0.1) is 0 Å². The van der Waals surface area contributed by atoms with Gasteiger partial charge in [0.05, 0.1) is 0 Å². The van der Waals surface area contributed by atoms with Crippen LogP contribution in [0.15, 0.2) is 0 Å². The Kier molecular flexibility index (Phi) is 4.58. The van der Waals surface area contributed by atoms with E-state index in [0.29, 0.717) is 0 Å². The summed E-state index contributed by atoms with van der Waals surface area (Å²) in [5.41, 5.74) is -0.553. The number of carbonyl (C=O) groups is 1. The van der Waals surface area contributed by atoms with Crippen LogP contribution in [0.4, 0.5) is 0 Å². The van der Waals surface area contributed by atoms with E-state index < -0.39 is 11.5 Å². The molecule has 0 unspecified atom stereocenters. The highest BCUT2D eigenvalue weighted by molar-refractivity contribution is 5.79. The highest BCUT2D eigenvalue weighted by atomic mass is 16.4. The smallest absolute Gasteiger partial charge is 0.324 e. The Bertz CT molecular complexity index is 210. The van der Waals surface area contributed by atoms with Crippen molar-refractivity contribution in [3.8, 4) is 0 Å². The minimum Gasteiger partial charge on any atom is -0.480 e. The fourth-order valence-corrected chi connectivity index (χ4v) is 2.75. The second-order valence-electron chi connectivity index (χ2n) is 4.48. The molecule has 3 nitrogen and oxygen atoms in total. The second-order valence-corrected chi connectivity index (χ2v) is 4.48. The summed E-state index contributed by atoms with van der Waals surface area (Å²) in [6.45, 7) is 5.93. The van der Waals surface area contributed by atoms with Gasteiger partial charge in [0.25, 0.3) is 0 Å². The number of hydrogen-bond acceptors (Lipinski definition) is 2. The zero-order chi connectivity index (χ0) is 11.3. The van der Waals surface area contributed by atoms with Crippen LogP contribution in [-0.4, -0.2) is 34.6 Å². The van der Waals surface area contributed by atoms with E-state index in [1.165, 1.54) is 6.42 Å². The summed E-state index contributed by atoms with van der Waals surface area (Å²) in [5.74, 6) is -0.613. The van der Waals surface area contributed by atoms with E-state index in [9.17, 15) is 9.90 Å². The molecule has 0 heterocycles. The van der Waals surface area contributed by atoms with Gasteiger partial charge in [-0.25, -0.2) is 0 Å². The number of nitrogens with zero attached hydrogens (tertiary/aromatic N) is 1. The van der Waals surface area contributed by atoms with Gasteiger partial charge in [0.15, 0.2) is 0 Å². The molecular weight excluding hydrogens is 190 g/mol. The Morgan fingerprint density at radius 1 is 1.27 bits per heavy atom. The van der Waals surface area contributed by atoms with Crippen LogP contribution >= 0.6 is 0 Å². The van der Waals surface area contributed by atoms with E-state index in [4.69, 9.17) is 0 Å². The van der Waals surface area contributed by atoms with Crippen molar-refractivity contribution in [2.24, 2.45) is 0 Å². The van der Waals surface area contributed by atoms with Gasteiger partial charge in [0, 0.05) is 0 Å². The van der Waals surface area contributed by atoms with E-state index in [1.807, 2.05) is 0 Å². The van der Waals surface area contributed by atoms with Crippen LogP contribution in [0, 0.1) is 0 Å². The lowest BCUT2D eigenvalue weighted by molar-refractivity contribution is -0.154. The van der Waals surface area contributed by atoms with Crippen molar-refractivity contribution in [3.05, 3.63) is 0 Å². The molecule has 1 rings (SSSR count). The van der Waals surface area contributed by atoms with Crippen LogP contribution in [0.1, 0.15) is 52.4 Å². The largest absolute Gasteiger partial charge is 0.480 e. The number of likely N-dealkylation sites (N-methyl/N-ethyl adjacent to an activating group) is 1. The van der Waals surface area contributed by atoms with E-state index >= 15 is 0 Å². The summed E-state index contributed by atoms with van der Waals surface area (Å²) in [4.78, 5) is 13.7. The van der Waals surface area contributed by atoms with Crippen molar-refractivity contribution in [1.82, 2.24) is 4.90 Å². The Morgan fingerprint density at radius 3 is 2.27 bits per heavy atom. The molecule has 3 heteroatoms. The van der Waals surface area contributed by atoms with Gasteiger partial charge in [0.1, 0.15) is 5.54 Å². The lowest BCUT2D eigenvalue weighted by Gasteiger charge is -2.42. The van der Waals surface area contributed by atoms with Gasteiger partial charge in [-0.2, -0.15) is 0 Å². The van der Waals surface area contributed by atoms with Gasteiger partial charge < -0.3 is 5.11 Å². The molecule has 0 aromatic heterocycles. The summed E-state index contributed by atoms with van der Waals surface area (Å²) in [7, 11) is 0. The number of aliphatic carboxylic acids is 1. The predicted molar refractivity (Wildman–Crippen MR) is 61.0 cm³/mol. The highest BCUT2D eigenvalue weighted by Crippen LogP contribution is 2.34. The fourth-order valence-electron chi connectivity index (χ4n) is 2.75. The number of carboxylic acids is 1. The molecule has 88 valence electrons. The summed E-state index contributed by atoms with van der Waals surface area (Å²) < 4.78 is 0. The number of carboxylic acid groups (broad SMARTS) is 1. The summed E-state index contributed by atoms with van der Waals surface area (Å²) in [6, 6.07) is 0. The van der Waals surface area contributed by atoms with Crippen molar-refractivity contribution >= 4 is 5.97 Å². The summed E-state index contributed by atoms with van der Waals surface area (Å²) in [6.07, 6.45) is 6.01. The van der Waals surface area contributed by atoms with Gasteiger partial charge >= 0.3 is 5.97 Å². The Labute approximate surface area is 92.5 Å². The van der Waals surface area contributed by atoms with Gasteiger partial charge in [0.2, 0.25) is 0 Å². The van der Waals surface area contributed by atoms with E-state index in [-0.39, 0.29) is 0 Å². The zero-order valence-electron chi connectivity index (χ0n) is 9.96. The molecule has 0 amide bonds. The van der Waals surface area contributed by atoms with E-state index in [1.54, 1.807) is 0 Å². The SMILES string of the molecule is CCCN(CC)C1(C(=O)O)CCCCC1. The average Bonchev–Trinajstić information content (AvgIpc) is 2.26. The molecule has 0 aromatic carbocycles. The maximum atomic E-state index is 11.5. The predicted octanol–water partition coefficient (Wildman–Crippen LogP) is 2.51. The van der Waals surface area contributed by atoms with Crippen molar-refractivity contribution in [2.45, 2.75) is 57.9 Å². The standard InChI is InChI=1S/C12H23NO2/c1-3-10-13(4-2)12(11(14)15)8-6-5-7-9-12/h3-10H2,1-2H3,(H,14,15). The van der Waals surface area contributed by atoms with Crippen LogP contribution < -0.4 is 0 Å². The first-order valence-electron chi connectivity index (χ1n) is 6.16. The third kappa shape index (κ3) is 2.51. The molecule has 1 saturated carbocycles. The third-order valence-corrected chi connectivity index (χ3v) is 3.56. The quantitative estimate of drug-likeness (QED) is 0.763. The molecule has 0 aliphatic heterocycles. The molecule has 0 radical (unpaired) electrons. The third-order valence-electron chi connectivity index (χ3n) is 3.56. The van der Waals surface area contributed by atoms with Gasteiger partial charge in [-0.05, 0) is 32.4 Å². The van der Waals surface area contributed by atoms with Crippen molar-refractivity contribution in [1.29, 1.82) is 0 Å². The maximum Gasteiger partial charge on any atom is 0.324 e. The first-order chi connectivity index (χ1) is 7.17. The van der Waals surface area contributed by atoms with Crippen LogP contribution in [-0.2, 0) is 4.79 Å². The summed E-state index contributed by atoms with van der Waals surface area (Å²) >= 11 is 0. The number of rotatable bonds is 5. The lowest BCUT2D eigenvalue weighted by Crippen LogP contribution is -2.55. The normalized spacial score (nSPS) is 20.5. The Hall–Kier alpha value is -0.570. The van der Waals surface area contributed by atoms with Crippen molar-refractivity contribution < 1.29 is 9.90 Å². The molecule has 0 bridgehead atoms. The molecule has 1 aliphatic carbocycles. The molecule has 15 heavy (non-hydrogen) atoms. The first kappa shape index (κ1) is 12.5. The van der Waals surface area contributed by atoms with Gasteiger partial charge in [-0.3, -0.25) is 9.69 Å². The number of hydrogen-bond donors (Lipinski definition) is 1. The average molecular weight is 213 g/mol. The molecular formula is C12H23NO2. The topological polar surface area (TPSA) is 40.5 Å². The molecule has 0 saturated heterocycles. The van der Waals surface area contributed by atoms with E-state index in [0.717, 1.165) is 45.2 Å². The van der Waals surface area contributed by atoms with E-state index in [2.05, 4.69) is 18.7 Å². The van der Waals surface area contributed by atoms with Crippen molar-refractivity contribution in [3.63, 3.8) is 0 Å². The minimum atomic E-state index is -0.613. The van der Waals surface area contributed by atoms with Crippen LogP contribution in [0.5, 0.6) is 0 Å². The molecule has 1 N–H and O–H groups in total. The van der Waals surface area contributed by atoms with Crippen molar-refractivity contribution in [2.75, 3.05) is 13.1 Å². The minimum absolute atomic E-state index is 0.553. The Morgan fingerprint density at radius 2 is 1.87 bits per heavy atom. The maximum absolute atomic E-state index is 11.5. The first-order valence-corrected chi connectivity index (χ1v) is 6.16. The monoisotopic (exact) mass is 213 g/mol. The molecule has 0 aromatic rings. The van der Waals surface area contributed by atoms with Gasteiger partial charge in [-0.1, -0.05) is 33.1 Å².